The summed E-state index contributed by atoms with van der Waals surface area (Å²) < 4.78 is 32.5. The van der Waals surface area contributed by atoms with Crippen molar-refractivity contribution < 1.29 is 17.9 Å². The molecule has 7 nitrogen and oxygen atoms in total. The number of hydrogen-bond acceptors (Lipinski definition) is 5. The lowest BCUT2D eigenvalue weighted by Gasteiger charge is -2.31. The number of amides is 1. The zero-order valence-electron chi connectivity index (χ0n) is 16.9. The van der Waals surface area contributed by atoms with Crippen molar-refractivity contribution in [3.05, 3.63) is 59.1 Å². The largest absolute Gasteiger partial charge is 0.378 e. The van der Waals surface area contributed by atoms with Crippen molar-refractivity contribution in [2.45, 2.75) is 17.9 Å². The number of carbonyl (C=O) groups is 1. The Morgan fingerprint density at radius 1 is 1.13 bits per heavy atom. The first-order valence-electron chi connectivity index (χ1n) is 9.76. The molecule has 0 spiro atoms. The van der Waals surface area contributed by atoms with Crippen LogP contribution >= 0.6 is 11.6 Å². The standard InChI is InChI=1S/C21H26ClN3O4S/c1-24(16-17-4-2-3-5-20(17)25-12-14-29-15-13-25)21(26)10-11-23-30(27,28)19-8-6-18(22)7-9-19/h2-9,23H,10-16H2,1H3. The second kappa shape index (κ2) is 10.3. The molecule has 1 heterocycles. The lowest BCUT2D eigenvalue weighted by atomic mass is 10.1. The van der Waals surface area contributed by atoms with Gasteiger partial charge in [-0.25, -0.2) is 13.1 Å². The lowest BCUT2D eigenvalue weighted by Crippen LogP contribution is -2.37. The van der Waals surface area contributed by atoms with Gasteiger partial charge in [-0.05, 0) is 35.9 Å². The summed E-state index contributed by atoms with van der Waals surface area (Å²) >= 11 is 5.80. The van der Waals surface area contributed by atoms with Gasteiger partial charge in [-0.2, -0.15) is 0 Å². The van der Waals surface area contributed by atoms with Crippen LogP contribution < -0.4 is 9.62 Å². The molecule has 0 aliphatic carbocycles. The molecule has 1 aliphatic heterocycles. The molecule has 9 heteroatoms. The number of morpholine rings is 1. The van der Waals surface area contributed by atoms with Crippen molar-refractivity contribution >= 4 is 33.2 Å². The van der Waals surface area contributed by atoms with E-state index in [0.717, 1.165) is 24.3 Å². The van der Waals surface area contributed by atoms with Gasteiger partial charge in [0.1, 0.15) is 0 Å². The Morgan fingerprint density at radius 3 is 2.50 bits per heavy atom. The highest BCUT2D eigenvalue weighted by Gasteiger charge is 2.18. The van der Waals surface area contributed by atoms with E-state index in [4.69, 9.17) is 16.3 Å². The van der Waals surface area contributed by atoms with Crippen LogP contribution in [0.25, 0.3) is 0 Å². The zero-order chi connectivity index (χ0) is 21.6. The monoisotopic (exact) mass is 451 g/mol. The molecule has 162 valence electrons. The molecule has 0 atom stereocenters. The van der Waals surface area contributed by atoms with Gasteiger partial charge in [-0.1, -0.05) is 29.8 Å². The molecule has 0 unspecified atom stereocenters. The Hall–Kier alpha value is -2.13. The van der Waals surface area contributed by atoms with Gasteiger partial charge in [0, 0.05) is 50.4 Å². The first kappa shape index (κ1) is 22.6. The van der Waals surface area contributed by atoms with Gasteiger partial charge in [0.2, 0.25) is 15.9 Å². The number of nitrogens with zero attached hydrogens (tertiary/aromatic N) is 2. The molecule has 1 amide bonds. The van der Waals surface area contributed by atoms with E-state index in [-0.39, 0.29) is 23.8 Å². The molecular weight excluding hydrogens is 426 g/mol. The zero-order valence-corrected chi connectivity index (χ0v) is 18.5. The molecule has 0 bridgehead atoms. The van der Waals surface area contributed by atoms with Crippen LogP contribution in [0.3, 0.4) is 0 Å². The number of carbonyl (C=O) groups excluding carboxylic acids is 1. The summed E-state index contributed by atoms with van der Waals surface area (Å²) in [5, 5.41) is 0.461. The summed E-state index contributed by atoms with van der Waals surface area (Å²) in [6.07, 6.45) is 0.0725. The number of anilines is 1. The average molecular weight is 452 g/mol. The molecule has 0 radical (unpaired) electrons. The normalized spacial score (nSPS) is 14.5. The van der Waals surface area contributed by atoms with Crippen LogP contribution in [0.1, 0.15) is 12.0 Å². The molecular formula is C21H26ClN3O4S. The highest BCUT2D eigenvalue weighted by molar-refractivity contribution is 7.89. The van der Waals surface area contributed by atoms with E-state index in [9.17, 15) is 13.2 Å². The van der Waals surface area contributed by atoms with E-state index in [2.05, 4.69) is 15.7 Å². The van der Waals surface area contributed by atoms with Crippen LogP contribution in [0, 0.1) is 0 Å². The maximum atomic E-state index is 12.5. The molecule has 2 aromatic carbocycles. The van der Waals surface area contributed by atoms with Gasteiger partial charge in [0.25, 0.3) is 0 Å². The van der Waals surface area contributed by atoms with Crippen molar-refractivity contribution in [2.75, 3.05) is 44.8 Å². The second-order valence-corrected chi connectivity index (χ2v) is 9.28. The van der Waals surface area contributed by atoms with E-state index >= 15 is 0 Å². The Labute approximate surface area is 182 Å². The van der Waals surface area contributed by atoms with Gasteiger partial charge in [-0.3, -0.25) is 4.79 Å². The SMILES string of the molecule is CN(Cc1ccccc1N1CCOCC1)C(=O)CCNS(=O)(=O)c1ccc(Cl)cc1. The fourth-order valence-electron chi connectivity index (χ4n) is 3.28. The summed E-state index contributed by atoms with van der Waals surface area (Å²) in [7, 11) is -1.95. The van der Waals surface area contributed by atoms with E-state index in [1.54, 1.807) is 11.9 Å². The number of benzene rings is 2. The maximum absolute atomic E-state index is 12.5. The van der Waals surface area contributed by atoms with Gasteiger partial charge < -0.3 is 14.5 Å². The van der Waals surface area contributed by atoms with Gasteiger partial charge in [0.15, 0.2) is 0 Å². The van der Waals surface area contributed by atoms with Crippen LogP contribution in [-0.2, 0) is 26.1 Å². The minimum Gasteiger partial charge on any atom is -0.378 e. The fourth-order valence-corrected chi connectivity index (χ4v) is 4.44. The average Bonchev–Trinajstić information content (AvgIpc) is 2.75. The van der Waals surface area contributed by atoms with Gasteiger partial charge >= 0.3 is 0 Å². The number of para-hydroxylation sites is 1. The number of sulfonamides is 1. The number of halogens is 1. The molecule has 3 rings (SSSR count). The number of hydrogen-bond donors (Lipinski definition) is 1. The molecule has 2 aromatic rings. The smallest absolute Gasteiger partial charge is 0.240 e. The Morgan fingerprint density at radius 2 is 1.80 bits per heavy atom. The third kappa shape index (κ3) is 5.95. The minimum atomic E-state index is -3.68. The molecule has 1 saturated heterocycles. The first-order chi connectivity index (χ1) is 14.4. The van der Waals surface area contributed by atoms with Crippen LogP contribution in [-0.4, -0.2) is 59.1 Å². The third-order valence-corrected chi connectivity index (χ3v) is 6.66. The first-order valence-corrected chi connectivity index (χ1v) is 11.6. The Balaban J connectivity index is 1.55. The molecule has 0 aromatic heterocycles. The van der Waals surface area contributed by atoms with Crippen LogP contribution in [0.15, 0.2) is 53.4 Å². The highest BCUT2D eigenvalue weighted by atomic mass is 35.5. The van der Waals surface area contributed by atoms with Crippen molar-refractivity contribution in [3.8, 4) is 0 Å². The summed E-state index contributed by atoms with van der Waals surface area (Å²) in [6.45, 7) is 3.51. The lowest BCUT2D eigenvalue weighted by molar-refractivity contribution is -0.130. The second-order valence-electron chi connectivity index (χ2n) is 7.08. The highest BCUT2D eigenvalue weighted by Crippen LogP contribution is 2.23. The summed E-state index contributed by atoms with van der Waals surface area (Å²) in [4.78, 5) is 16.5. The third-order valence-electron chi connectivity index (χ3n) is 4.93. The van der Waals surface area contributed by atoms with E-state index in [1.165, 1.54) is 24.3 Å². The minimum absolute atomic E-state index is 0.0270. The topological polar surface area (TPSA) is 79.0 Å². The number of nitrogens with one attached hydrogen (secondary N) is 1. The Bertz CT molecular complexity index is 960. The predicted octanol–water partition coefficient (Wildman–Crippen LogP) is 2.50. The fraction of sp³-hybridized carbons (Fsp3) is 0.381. The molecule has 1 fully saturated rings. The molecule has 0 saturated carbocycles. The van der Waals surface area contributed by atoms with E-state index < -0.39 is 10.0 Å². The molecule has 1 aliphatic rings. The van der Waals surface area contributed by atoms with Crippen LogP contribution in [0.5, 0.6) is 0 Å². The summed E-state index contributed by atoms with van der Waals surface area (Å²) in [6, 6.07) is 13.9. The van der Waals surface area contributed by atoms with Gasteiger partial charge in [-0.15, -0.1) is 0 Å². The van der Waals surface area contributed by atoms with Crippen LogP contribution in [0.2, 0.25) is 5.02 Å². The maximum Gasteiger partial charge on any atom is 0.240 e. The Kier molecular flexibility index (Phi) is 7.71. The van der Waals surface area contributed by atoms with E-state index in [1.807, 2.05) is 18.2 Å². The molecule has 1 N–H and O–H groups in total. The number of ether oxygens (including phenoxy) is 1. The summed E-state index contributed by atoms with van der Waals surface area (Å²) in [5.74, 6) is -0.134. The molecule has 30 heavy (non-hydrogen) atoms. The van der Waals surface area contributed by atoms with Crippen molar-refractivity contribution in [1.82, 2.24) is 9.62 Å². The quantitative estimate of drug-likeness (QED) is 0.667. The van der Waals surface area contributed by atoms with Crippen molar-refractivity contribution in [2.24, 2.45) is 0 Å². The van der Waals surface area contributed by atoms with Crippen LogP contribution in [0.4, 0.5) is 5.69 Å². The van der Waals surface area contributed by atoms with E-state index in [0.29, 0.717) is 24.8 Å². The van der Waals surface area contributed by atoms with Crippen molar-refractivity contribution in [1.29, 1.82) is 0 Å². The number of rotatable bonds is 8. The predicted molar refractivity (Wildman–Crippen MR) is 117 cm³/mol. The van der Waals surface area contributed by atoms with Gasteiger partial charge in [0.05, 0.1) is 18.1 Å². The van der Waals surface area contributed by atoms with Crippen molar-refractivity contribution in [3.63, 3.8) is 0 Å². The summed E-state index contributed by atoms with van der Waals surface area (Å²) in [5.41, 5.74) is 2.15.